The Morgan fingerprint density at radius 1 is 1.37 bits per heavy atom. The van der Waals surface area contributed by atoms with E-state index >= 15 is 0 Å². The number of allylic oxidation sites excluding steroid dienone is 1. The highest BCUT2D eigenvalue weighted by Crippen LogP contribution is 2.41. The molecule has 1 heterocycles. The van der Waals surface area contributed by atoms with Crippen molar-refractivity contribution < 1.29 is 27.1 Å². The van der Waals surface area contributed by atoms with E-state index < -0.39 is 45.7 Å². The number of urea groups is 1. The Morgan fingerprint density at radius 2 is 2.04 bits per heavy atom. The number of rotatable bonds is 4. The second-order valence-electron chi connectivity index (χ2n) is 6.58. The van der Waals surface area contributed by atoms with Crippen LogP contribution in [0.5, 0.6) is 5.75 Å². The quantitative estimate of drug-likeness (QED) is 0.514. The topological polar surface area (TPSA) is 98.7 Å². The lowest BCUT2D eigenvalue weighted by Gasteiger charge is -2.37. The molecule has 7 nitrogen and oxygen atoms in total. The fraction of sp³-hybridized carbons (Fsp3) is 0.438. The first-order valence-corrected chi connectivity index (χ1v) is 9.97. The zero-order valence-corrected chi connectivity index (χ0v) is 15.9. The van der Waals surface area contributed by atoms with Gasteiger partial charge in [0.05, 0.1) is 29.8 Å². The van der Waals surface area contributed by atoms with Crippen molar-refractivity contribution in [3.05, 3.63) is 28.8 Å². The fourth-order valence-electron chi connectivity index (χ4n) is 3.01. The number of phenols is 1. The van der Waals surface area contributed by atoms with Gasteiger partial charge in [0.1, 0.15) is 4.90 Å². The van der Waals surface area contributed by atoms with E-state index in [2.05, 4.69) is 10.6 Å². The summed E-state index contributed by atoms with van der Waals surface area (Å²) >= 11 is 5.89. The molecular weight excluding hydrogens is 404 g/mol. The predicted octanol–water partition coefficient (Wildman–Crippen LogP) is 2.92. The van der Waals surface area contributed by atoms with E-state index in [0.717, 1.165) is 18.4 Å². The summed E-state index contributed by atoms with van der Waals surface area (Å²) < 4.78 is 51.6. The molecule has 3 N–H and O–H groups in total. The molecule has 1 aromatic carbocycles. The molecular formula is C16H18ClF2N3O4S. The van der Waals surface area contributed by atoms with Gasteiger partial charge in [0.2, 0.25) is 10.0 Å². The second kappa shape index (κ2) is 6.92. The van der Waals surface area contributed by atoms with E-state index in [-0.39, 0.29) is 16.8 Å². The third kappa shape index (κ3) is 3.87. The van der Waals surface area contributed by atoms with Gasteiger partial charge in [-0.1, -0.05) is 23.3 Å². The van der Waals surface area contributed by atoms with Gasteiger partial charge < -0.3 is 15.7 Å². The van der Waals surface area contributed by atoms with E-state index in [0.29, 0.717) is 4.31 Å². The van der Waals surface area contributed by atoms with Crippen molar-refractivity contribution in [1.82, 2.24) is 9.62 Å². The fourth-order valence-corrected chi connectivity index (χ4v) is 5.10. The molecule has 27 heavy (non-hydrogen) atoms. The molecule has 1 atom stereocenters. The summed E-state index contributed by atoms with van der Waals surface area (Å²) in [6.07, 6.45) is 3.58. The maximum absolute atomic E-state index is 13.0. The molecule has 1 unspecified atom stereocenters. The minimum Gasteiger partial charge on any atom is -0.504 e. The maximum Gasteiger partial charge on any atom is 0.319 e. The SMILES string of the molecule is CC1=CCCC1NC(=O)Nc1ccc(Cl)c(S(=O)(=O)N2CC(F)(F)C2)c1O. The molecule has 0 saturated carbocycles. The van der Waals surface area contributed by atoms with Crippen LogP contribution in [0.25, 0.3) is 0 Å². The number of aromatic hydroxyl groups is 1. The largest absolute Gasteiger partial charge is 0.504 e. The highest BCUT2D eigenvalue weighted by Gasteiger charge is 2.51. The average molecular weight is 422 g/mol. The van der Waals surface area contributed by atoms with Crippen molar-refractivity contribution >= 4 is 33.3 Å². The summed E-state index contributed by atoms with van der Waals surface area (Å²) in [5, 5.41) is 15.1. The standard InChI is InChI=1S/C16H18ClF2N3O4S/c1-9-3-2-4-11(9)20-15(24)21-12-6-5-10(17)14(13(12)23)27(25,26)22-7-16(18,19)8-22/h3,5-6,11,23H,2,4,7-8H2,1H3,(H2,20,21,24). The lowest BCUT2D eigenvalue weighted by Crippen LogP contribution is -2.58. The van der Waals surface area contributed by atoms with Crippen LogP contribution in [-0.2, 0) is 10.0 Å². The van der Waals surface area contributed by atoms with Crippen LogP contribution in [0.4, 0.5) is 19.3 Å². The Kier molecular flexibility index (Phi) is 5.08. The molecule has 148 valence electrons. The van der Waals surface area contributed by atoms with Crippen LogP contribution in [0.3, 0.4) is 0 Å². The van der Waals surface area contributed by atoms with Crippen LogP contribution >= 0.6 is 11.6 Å². The number of alkyl halides is 2. The molecule has 0 bridgehead atoms. The number of hydrogen-bond acceptors (Lipinski definition) is 4. The first kappa shape index (κ1) is 19.8. The molecule has 2 aliphatic rings. The van der Waals surface area contributed by atoms with E-state index in [1.807, 2.05) is 13.0 Å². The molecule has 1 aromatic rings. The number of sulfonamides is 1. The van der Waals surface area contributed by atoms with E-state index in [1.165, 1.54) is 12.1 Å². The summed E-state index contributed by atoms with van der Waals surface area (Å²) in [4.78, 5) is 11.4. The Morgan fingerprint density at radius 3 is 2.59 bits per heavy atom. The van der Waals surface area contributed by atoms with Gasteiger partial charge in [0, 0.05) is 0 Å². The molecule has 1 saturated heterocycles. The number of phenolic OH excluding ortho intramolecular Hbond substituents is 1. The molecule has 0 spiro atoms. The summed E-state index contributed by atoms with van der Waals surface area (Å²) in [6.45, 7) is -0.0989. The highest BCUT2D eigenvalue weighted by molar-refractivity contribution is 7.89. The van der Waals surface area contributed by atoms with Gasteiger partial charge in [-0.15, -0.1) is 0 Å². The molecule has 1 aliphatic carbocycles. The number of carbonyl (C=O) groups excluding carboxylic acids is 1. The smallest absolute Gasteiger partial charge is 0.319 e. The van der Waals surface area contributed by atoms with Crippen LogP contribution in [0, 0.1) is 0 Å². The van der Waals surface area contributed by atoms with Crippen molar-refractivity contribution in [2.45, 2.75) is 36.6 Å². The number of anilines is 1. The highest BCUT2D eigenvalue weighted by atomic mass is 35.5. The predicted molar refractivity (Wildman–Crippen MR) is 95.8 cm³/mol. The van der Waals surface area contributed by atoms with Gasteiger partial charge in [-0.05, 0) is 31.9 Å². The first-order valence-electron chi connectivity index (χ1n) is 8.15. The first-order chi connectivity index (χ1) is 12.5. The average Bonchev–Trinajstić information content (AvgIpc) is 2.92. The van der Waals surface area contributed by atoms with Crippen LogP contribution < -0.4 is 10.6 Å². The number of carbonyl (C=O) groups is 1. The Balaban J connectivity index is 1.81. The zero-order chi connectivity index (χ0) is 20.0. The number of benzene rings is 1. The summed E-state index contributed by atoms with van der Waals surface area (Å²) in [5.74, 6) is -3.91. The molecule has 1 aliphatic heterocycles. The molecule has 2 amide bonds. The van der Waals surface area contributed by atoms with Gasteiger partial charge in [0.25, 0.3) is 5.92 Å². The van der Waals surface area contributed by atoms with E-state index in [9.17, 15) is 27.1 Å². The number of nitrogens with zero attached hydrogens (tertiary/aromatic N) is 1. The third-order valence-corrected chi connectivity index (χ3v) is 6.82. The van der Waals surface area contributed by atoms with Gasteiger partial charge in [0.15, 0.2) is 5.75 Å². The van der Waals surface area contributed by atoms with E-state index in [4.69, 9.17) is 11.6 Å². The third-order valence-electron chi connectivity index (χ3n) is 4.52. The number of nitrogens with one attached hydrogen (secondary N) is 2. The lowest BCUT2D eigenvalue weighted by molar-refractivity contribution is -0.0945. The van der Waals surface area contributed by atoms with Crippen molar-refractivity contribution in [3.8, 4) is 5.75 Å². The summed E-state index contributed by atoms with van der Waals surface area (Å²) in [7, 11) is -4.43. The Hall–Kier alpha value is -1.91. The van der Waals surface area contributed by atoms with Crippen molar-refractivity contribution in [2.24, 2.45) is 0 Å². The summed E-state index contributed by atoms with van der Waals surface area (Å²) in [5.41, 5.74) is 0.815. The minimum absolute atomic E-state index is 0.147. The molecule has 0 radical (unpaired) electrons. The molecule has 0 aromatic heterocycles. The van der Waals surface area contributed by atoms with E-state index in [1.54, 1.807) is 0 Å². The Bertz CT molecular complexity index is 912. The van der Waals surface area contributed by atoms with Crippen molar-refractivity contribution in [3.63, 3.8) is 0 Å². The zero-order valence-electron chi connectivity index (χ0n) is 14.3. The van der Waals surface area contributed by atoms with Gasteiger partial charge in [-0.25, -0.2) is 22.0 Å². The van der Waals surface area contributed by atoms with Crippen molar-refractivity contribution in [1.29, 1.82) is 0 Å². The van der Waals surface area contributed by atoms with Crippen LogP contribution in [0.2, 0.25) is 5.02 Å². The monoisotopic (exact) mass is 421 g/mol. The van der Waals surface area contributed by atoms with Gasteiger partial charge in [-0.2, -0.15) is 4.31 Å². The number of amides is 2. The van der Waals surface area contributed by atoms with Crippen molar-refractivity contribution in [2.75, 3.05) is 18.4 Å². The number of halogens is 3. The normalized spacial score (nSPS) is 22.1. The lowest BCUT2D eigenvalue weighted by atomic mass is 10.2. The molecule has 11 heteroatoms. The van der Waals surface area contributed by atoms with Crippen LogP contribution in [0.1, 0.15) is 19.8 Å². The van der Waals surface area contributed by atoms with Crippen LogP contribution in [-0.4, -0.2) is 48.9 Å². The van der Waals surface area contributed by atoms with Crippen LogP contribution in [0.15, 0.2) is 28.7 Å². The van der Waals surface area contributed by atoms with Gasteiger partial charge >= 0.3 is 6.03 Å². The summed E-state index contributed by atoms with van der Waals surface area (Å²) in [6, 6.07) is 1.62. The second-order valence-corrected chi connectivity index (χ2v) is 8.86. The minimum atomic E-state index is -4.43. The molecule has 1 fully saturated rings. The Labute approximate surface area is 160 Å². The molecule has 3 rings (SSSR count). The number of hydrogen-bond donors (Lipinski definition) is 3. The maximum atomic E-state index is 13.0. The van der Waals surface area contributed by atoms with Gasteiger partial charge in [-0.3, -0.25) is 0 Å².